The van der Waals surface area contributed by atoms with E-state index >= 15 is 0 Å². The molecule has 2 heterocycles. The van der Waals surface area contributed by atoms with E-state index in [9.17, 15) is 19.7 Å². The van der Waals surface area contributed by atoms with E-state index in [0.717, 1.165) is 0 Å². The number of nitrogens with zero attached hydrogens (tertiary/aromatic N) is 2. The van der Waals surface area contributed by atoms with Gasteiger partial charge in [-0.15, -0.1) is 0 Å². The van der Waals surface area contributed by atoms with Crippen LogP contribution in [0.1, 0.15) is 61.3 Å². The minimum atomic E-state index is -1.58. The maximum Gasteiger partial charge on any atom is 0.412 e. The van der Waals surface area contributed by atoms with Gasteiger partial charge >= 0.3 is 12.1 Å². The van der Waals surface area contributed by atoms with Crippen molar-refractivity contribution in [2.45, 2.75) is 85.7 Å². The third-order valence-electron chi connectivity index (χ3n) is 5.44. The van der Waals surface area contributed by atoms with Crippen LogP contribution in [0.3, 0.4) is 0 Å². The van der Waals surface area contributed by atoms with Crippen LogP contribution in [0.4, 0.5) is 4.79 Å². The molecule has 10 heteroatoms. The summed E-state index contributed by atoms with van der Waals surface area (Å²) in [6.07, 6.45) is 0.768. The number of hydrogen-bond acceptors (Lipinski definition) is 7. The molecule has 180 valence electrons. The molecule has 0 N–H and O–H groups in total. The number of carbonyl (C=O) groups excluding carboxylic acids is 2. The predicted molar refractivity (Wildman–Crippen MR) is 120 cm³/mol. The van der Waals surface area contributed by atoms with Crippen molar-refractivity contribution in [1.29, 1.82) is 0 Å². The van der Waals surface area contributed by atoms with E-state index in [1.54, 1.807) is 4.90 Å². The lowest BCUT2D eigenvalue weighted by Gasteiger charge is -2.43. The van der Waals surface area contributed by atoms with Crippen LogP contribution in [-0.4, -0.2) is 61.9 Å². The van der Waals surface area contributed by atoms with Gasteiger partial charge in [-0.3, -0.25) is 19.8 Å². The summed E-state index contributed by atoms with van der Waals surface area (Å²) in [5.74, 6) is -0.311. The van der Waals surface area contributed by atoms with Gasteiger partial charge in [0.15, 0.2) is 9.04 Å². The SMILES string of the molecule is CC(C[N+](=O)[O-])[C@@]1(O[SiH](C)C)C[C@H](C(C)(C)C)CN1C(=O)OC(C)(C)C.O=C1CCO1. The number of likely N-dealkylation sites (tertiary alicyclic amines) is 1. The maximum atomic E-state index is 13.0. The van der Waals surface area contributed by atoms with E-state index in [0.29, 0.717) is 26.0 Å². The van der Waals surface area contributed by atoms with Gasteiger partial charge in [-0.25, -0.2) is 4.79 Å². The molecule has 2 aliphatic heterocycles. The standard InChI is InChI=1S/C18H36N2O5Si.C3H4O2/c1-13(11-20(22)23)18(25-26(8)9)10-14(16(2,3)4)12-19(18)15(21)24-17(5,6)7;4-3-1-2-5-3/h13-14,26H,10-12H2,1-9H3;1-2H2/t13?,14-,18-;/m0./s1. The van der Waals surface area contributed by atoms with Crippen molar-refractivity contribution in [3.05, 3.63) is 10.1 Å². The monoisotopic (exact) mass is 460 g/mol. The second kappa shape index (κ2) is 10.3. The summed E-state index contributed by atoms with van der Waals surface area (Å²) >= 11 is 0. The van der Waals surface area contributed by atoms with E-state index in [1.807, 2.05) is 40.8 Å². The van der Waals surface area contributed by atoms with Crippen LogP contribution in [0.25, 0.3) is 0 Å². The van der Waals surface area contributed by atoms with Gasteiger partial charge < -0.3 is 13.9 Å². The molecule has 31 heavy (non-hydrogen) atoms. The highest BCUT2D eigenvalue weighted by Crippen LogP contribution is 2.47. The second-order valence-corrected chi connectivity index (χ2v) is 13.1. The van der Waals surface area contributed by atoms with Crippen LogP contribution in [0.2, 0.25) is 13.1 Å². The molecule has 1 unspecified atom stereocenters. The Bertz CT molecular complexity index is 651. The molecule has 0 aliphatic carbocycles. The van der Waals surface area contributed by atoms with Crippen LogP contribution < -0.4 is 0 Å². The summed E-state index contributed by atoms with van der Waals surface area (Å²) in [5.41, 5.74) is -1.66. The van der Waals surface area contributed by atoms with Gasteiger partial charge in [0.1, 0.15) is 17.9 Å². The fraction of sp³-hybridized carbons (Fsp3) is 0.905. The van der Waals surface area contributed by atoms with Crippen LogP contribution in [0.15, 0.2) is 0 Å². The maximum absolute atomic E-state index is 13.0. The van der Waals surface area contributed by atoms with Crippen LogP contribution in [0.5, 0.6) is 0 Å². The summed E-state index contributed by atoms with van der Waals surface area (Å²) in [5, 5.41) is 11.2. The Morgan fingerprint density at radius 2 is 1.84 bits per heavy atom. The van der Waals surface area contributed by atoms with Crippen molar-refractivity contribution >= 4 is 21.1 Å². The molecule has 0 radical (unpaired) electrons. The summed E-state index contributed by atoms with van der Waals surface area (Å²) in [4.78, 5) is 35.2. The first-order valence-electron chi connectivity index (χ1n) is 10.9. The summed E-state index contributed by atoms with van der Waals surface area (Å²) in [7, 11) is -1.58. The molecule has 0 aromatic rings. The van der Waals surface area contributed by atoms with E-state index in [1.165, 1.54) is 0 Å². The quantitative estimate of drug-likeness (QED) is 0.265. The smallest absolute Gasteiger partial charge is 0.412 e. The molecule has 0 saturated carbocycles. The number of ether oxygens (including phenoxy) is 2. The minimum absolute atomic E-state index is 0.0434. The molecular formula is C21H40N2O7Si. The molecule has 2 rings (SSSR count). The summed E-state index contributed by atoms with van der Waals surface area (Å²) in [6, 6.07) is 0. The first kappa shape index (κ1) is 27.4. The number of cyclic esters (lactones) is 1. The minimum Gasteiger partial charge on any atom is -0.465 e. The number of hydrogen-bond donors (Lipinski definition) is 0. The van der Waals surface area contributed by atoms with Crippen molar-refractivity contribution in [2.75, 3.05) is 19.7 Å². The van der Waals surface area contributed by atoms with Crippen LogP contribution >= 0.6 is 0 Å². The molecule has 2 saturated heterocycles. The zero-order valence-corrected chi connectivity index (χ0v) is 21.7. The first-order chi connectivity index (χ1) is 14.0. The van der Waals surface area contributed by atoms with E-state index in [-0.39, 0.29) is 28.8 Å². The molecule has 2 aliphatic rings. The zero-order chi connectivity index (χ0) is 24.2. The average molecular weight is 461 g/mol. The summed E-state index contributed by atoms with van der Waals surface area (Å²) < 4.78 is 16.3. The van der Waals surface area contributed by atoms with Crippen molar-refractivity contribution < 1.29 is 28.4 Å². The molecule has 0 spiro atoms. The number of rotatable bonds is 5. The third-order valence-corrected chi connectivity index (χ3v) is 6.32. The molecule has 3 atom stereocenters. The lowest BCUT2D eigenvalue weighted by Crippen LogP contribution is -2.57. The zero-order valence-electron chi connectivity index (χ0n) is 20.5. The fourth-order valence-electron chi connectivity index (χ4n) is 3.68. The van der Waals surface area contributed by atoms with Gasteiger partial charge in [-0.2, -0.15) is 0 Å². The molecule has 0 aromatic heterocycles. The Morgan fingerprint density at radius 3 is 2.16 bits per heavy atom. The molecular weight excluding hydrogens is 420 g/mol. The Morgan fingerprint density at radius 1 is 1.32 bits per heavy atom. The van der Waals surface area contributed by atoms with E-state index in [2.05, 4.69) is 25.5 Å². The highest BCUT2D eigenvalue weighted by atomic mass is 28.3. The normalized spacial score (nSPS) is 24.6. The number of amides is 1. The van der Waals surface area contributed by atoms with Crippen molar-refractivity contribution in [2.24, 2.45) is 17.3 Å². The molecule has 2 fully saturated rings. The molecule has 1 amide bonds. The lowest BCUT2D eigenvalue weighted by atomic mass is 9.77. The van der Waals surface area contributed by atoms with Gasteiger partial charge in [0.25, 0.3) is 0 Å². The van der Waals surface area contributed by atoms with Crippen molar-refractivity contribution in [1.82, 2.24) is 4.90 Å². The largest absolute Gasteiger partial charge is 0.465 e. The van der Waals surface area contributed by atoms with Gasteiger partial charge in [0, 0.05) is 17.9 Å². The predicted octanol–water partition coefficient (Wildman–Crippen LogP) is 3.83. The van der Waals surface area contributed by atoms with Gasteiger partial charge in [-0.1, -0.05) is 27.7 Å². The van der Waals surface area contributed by atoms with Crippen molar-refractivity contribution in [3.8, 4) is 0 Å². The first-order valence-corrected chi connectivity index (χ1v) is 13.7. The Labute approximate surface area is 187 Å². The van der Waals surface area contributed by atoms with Crippen molar-refractivity contribution in [3.63, 3.8) is 0 Å². The fourth-order valence-corrected chi connectivity index (χ4v) is 4.96. The Kier molecular flexibility index (Phi) is 9.08. The topological polar surface area (TPSA) is 108 Å². The number of nitro groups is 1. The highest BCUT2D eigenvalue weighted by molar-refractivity contribution is 6.48. The number of esters is 1. The highest BCUT2D eigenvalue weighted by Gasteiger charge is 2.57. The molecule has 9 nitrogen and oxygen atoms in total. The number of carbonyl (C=O) groups is 2. The molecule has 0 bridgehead atoms. The Hall–Kier alpha value is -1.68. The van der Waals surface area contributed by atoms with E-state index in [4.69, 9.17) is 9.16 Å². The Balaban J connectivity index is 0.000000836. The van der Waals surface area contributed by atoms with Gasteiger partial charge in [0.2, 0.25) is 6.54 Å². The van der Waals surface area contributed by atoms with E-state index < -0.39 is 32.4 Å². The van der Waals surface area contributed by atoms with Gasteiger partial charge in [-0.05, 0) is 45.2 Å². The second-order valence-electron chi connectivity index (χ2n) is 10.8. The van der Waals surface area contributed by atoms with Crippen LogP contribution in [0, 0.1) is 27.4 Å². The van der Waals surface area contributed by atoms with Gasteiger partial charge in [0.05, 0.1) is 12.3 Å². The average Bonchev–Trinajstić information content (AvgIpc) is 2.91. The van der Waals surface area contributed by atoms with Crippen LogP contribution in [-0.2, 0) is 18.7 Å². The third kappa shape index (κ3) is 8.06. The lowest BCUT2D eigenvalue weighted by molar-refractivity contribution is -0.493. The molecule has 0 aromatic carbocycles. The summed E-state index contributed by atoms with van der Waals surface area (Å²) in [6.45, 7) is 18.6.